The number of hydrogen-bond donors (Lipinski definition) is 3. The fourth-order valence-electron chi connectivity index (χ4n) is 2.95. The van der Waals surface area contributed by atoms with E-state index in [2.05, 4.69) is 15.6 Å². The minimum absolute atomic E-state index is 0.244. The predicted octanol–water partition coefficient (Wildman–Crippen LogP) is 3.37. The van der Waals surface area contributed by atoms with Crippen molar-refractivity contribution >= 4 is 17.6 Å². The third-order valence-electron chi connectivity index (χ3n) is 4.50. The molecule has 0 bridgehead atoms. The van der Waals surface area contributed by atoms with Gasteiger partial charge in [-0.3, -0.25) is 0 Å². The molecule has 0 amide bonds. The highest BCUT2D eigenvalue weighted by Gasteiger charge is 2.27. The van der Waals surface area contributed by atoms with Gasteiger partial charge in [0.15, 0.2) is 17.5 Å². The first kappa shape index (κ1) is 21.3. The molecule has 0 saturated carbocycles. The molecular weight excluding hydrogens is 394 g/mol. The summed E-state index contributed by atoms with van der Waals surface area (Å²) >= 11 is 6.36. The standard InChI is InChI=1S/C21H28ClN3O4/c1-4-23-20(25-13-21(3,26)18-7-6-14(2)29-18)24-12-15-10-16(22)19-17(11-15)27-8-5-9-28-19/h6-7,10-11,26H,4-5,8-9,12-13H2,1-3H3,(H2,23,24,25). The van der Waals surface area contributed by atoms with Gasteiger partial charge in [0.05, 0.1) is 31.3 Å². The van der Waals surface area contributed by atoms with Crippen LogP contribution in [0.25, 0.3) is 0 Å². The summed E-state index contributed by atoms with van der Waals surface area (Å²) in [6, 6.07) is 7.35. The molecule has 158 valence electrons. The number of furan rings is 1. The van der Waals surface area contributed by atoms with Gasteiger partial charge >= 0.3 is 0 Å². The van der Waals surface area contributed by atoms with Crippen molar-refractivity contribution in [3.05, 3.63) is 46.4 Å². The molecule has 1 aliphatic rings. The topological polar surface area (TPSA) is 88.3 Å². The van der Waals surface area contributed by atoms with Gasteiger partial charge in [0.2, 0.25) is 0 Å². The summed E-state index contributed by atoms with van der Waals surface area (Å²) in [7, 11) is 0. The Kier molecular flexibility index (Phi) is 6.92. The lowest BCUT2D eigenvalue weighted by Crippen LogP contribution is -2.44. The lowest BCUT2D eigenvalue weighted by Gasteiger charge is -2.23. The summed E-state index contributed by atoms with van der Waals surface area (Å²) in [5, 5.41) is 17.6. The van der Waals surface area contributed by atoms with E-state index in [4.69, 9.17) is 25.5 Å². The molecule has 0 fully saturated rings. The number of rotatable bonds is 6. The fraction of sp³-hybridized carbons (Fsp3) is 0.476. The third-order valence-corrected chi connectivity index (χ3v) is 4.78. The molecule has 1 aromatic heterocycles. The number of halogens is 1. The molecule has 1 atom stereocenters. The van der Waals surface area contributed by atoms with Crippen molar-refractivity contribution in [3.8, 4) is 11.5 Å². The highest BCUT2D eigenvalue weighted by Crippen LogP contribution is 2.38. The van der Waals surface area contributed by atoms with Crippen LogP contribution >= 0.6 is 11.6 Å². The van der Waals surface area contributed by atoms with Crippen molar-refractivity contribution < 1.29 is 19.0 Å². The van der Waals surface area contributed by atoms with E-state index in [-0.39, 0.29) is 6.54 Å². The number of hydrogen-bond acceptors (Lipinski definition) is 5. The first-order valence-corrected chi connectivity index (χ1v) is 10.2. The molecule has 0 radical (unpaired) electrons. The molecule has 2 heterocycles. The Morgan fingerprint density at radius 3 is 2.76 bits per heavy atom. The van der Waals surface area contributed by atoms with E-state index in [1.165, 1.54) is 0 Å². The molecule has 1 unspecified atom stereocenters. The van der Waals surface area contributed by atoms with Crippen molar-refractivity contribution in [3.63, 3.8) is 0 Å². The number of benzene rings is 1. The Morgan fingerprint density at radius 1 is 1.24 bits per heavy atom. The van der Waals surface area contributed by atoms with Gasteiger partial charge in [-0.05, 0) is 50.6 Å². The van der Waals surface area contributed by atoms with Crippen LogP contribution in [0, 0.1) is 6.92 Å². The molecular formula is C21H28ClN3O4. The maximum atomic E-state index is 10.7. The second kappa shape index (κ2) is 9.41. The third kappa shape index (κ3) is 5.58. The summed E-state index contributed by atoms with van der Waals surface area (Å²) in [4.78, 5) is 4.60. The number of fused-ring (bicyclic) bond motifs is 1. The van der Waals surface area contributed by atoms with Gasteiger partial charge in [0.25, 0.3) is 0 Å². The van der Waals surface area contributed by atoms with E-state index >= 15 is 0 Å². The highest BCUT2D eigenvalue weighted by molar-refractivity contribution is 6.32. The summed E-state index contributed by atoms with van der Waals surface area (Å²) < 4.78 is 17.0. The molecule has 3 rings (SSSR count). The first-order valence-electron chi connectivity index (χ1n) is 9.78. The van der Waals surface area contributed by atoms with Crippen LogP contribution in [0.15, 0.2) is 33.7 Å². The lowest BCUT2D eigenvalue weighted by atomic mass is 10.0. The van der Waals surface area contributed by atoms with Gasteiger partial charge in [0.1, 0.15) is 17.1 Å². The van der Waals surface area contributed by atoms with Gasteiger partial charge in [0, 0.05) is 13.0 Å². The fourth-order valence-corrected chi connectivity index (χ4v) is 3.24. The number of guanidine groups is 1. The van der Waals surface area contributed by atoms with Gasteiger partial charge in [-0.2, -0.15) is 0 Å². The van der Waals surface area contributed by atoms with E-state index in [0.717, 1.165) is 17.7 Å². The summed E-state index contributed by atoms with van der Waals surface area (Å²) in [6.07, 6.45) is 0.822. The number of aryl methyl sites for hydroxylation is 1. The van der Waals surface area contributed by atoms with Crippen LogP contribution < -0.4 is 20.1 Å². The van der Waals surface area contributed by atoms with Gasteiger partial charge in [-0.25, -0.2) is 4.99 Å². The first-order chi connectivity index (χ1) is 13.9. The number of aliphatic imine (C=N–C) groups is 1. The summed E-state index contributed by atoms with van der Waals surface area (Å²) in [5.41, 5.74) is -0.256. The largest absolute Gasteiger partial charge is 0.489 e. The summed E-state index contributed by atoms with van der Waals surface area (Å²) in [5.74, 6) is 3.08. The zero-order chi connectivity index (χ0) is 20.9. The lowest BCUT2D eigenvalue weighted by molar-refractivity contribution is 0.0378. The molecule has 29 heavy (non-hydrogen) atoms. The zero-order valence-corrected chi connectivity index (χ0v) is 17.8. The Balaban J connectivity index is 1.69. The van der Waals surface area contributed by atoms with Crippen LogP contribution in [0.5, 0.6) is 11.5 Å². The maximum Gasteiger partial charge on any atom is 0.191 e. The van der Waals surface area contributed by atoms with E-state index in [1.807, 2.05) is 32.0 Å². The van der Waals surface area contributed by atoms with E-state index in [0.29, 0.717) is 54.5 Å². The van der Waals surface area contributed by atoms with Crippen molar-refractivity contribution in [2.24, 2.45) is 4.99 Å². The monoisotopic (exact) mass is 421 g/mol. The number of nitrogens with one attached hydrogen (secondary N) is 2. The Hall–Kier alpha value is -2.38. The molecule has 1 aromatic carbocycles. The normalized spacial score (nSPS) is 16.1. The smallest absolute Gasteiger partial charge is 0.191 e. The second-order valence-electron chi connectivity index (χ2n) is 7.19. The SMILES string of the molecule is CCNC(=NCc1cc(Cl)c2c(c1)OCCCO2)NCC(C)(O)c1ccc(C)o1. The maximum absolute atomic E-state index is 10.7. The average molecular weight is 422 g/mol. The van der Waals surface area contributed by atoms with Crippen molar-refractivity contribution in [1.82, 2.24) is 10.6 Å². The number of aliphatic hydroxyl groups is 1. The van der Waals surface area contributed by atoms with Crippen molar-refractivity contribution in [1.29, 1.82) is 0 Å². The molecule has 2 aromatic rings. The average Bonchev–Trinajstić information content (AvgIpc) is 2.98. The summed E-state index contributed by atoms with van der Waals surface area (Å²) in [6.45, 7) is 8.05. The second-order valence-corrected chi connectivity index (χ2v) is 7.60. The quantitative estimate of drug-likeness (QED) is 0.489. The van der Waals surface area contributed by atoms with Gasteiger partial charge in [-0.15, -0.1) is 0 Å². The van der Waals surface area contributed by atoms with Crippen LogP contribution in [-0.2, 0) is 12.1 Å². The molecule has 0 aliphatic carbocycles. The van der Waals surface area contributed by atoms with Gasteiger partial charge < -0.3 is 29.6 Å². The van der Waals surface area contributed by atoms with Crippen molar-refractivity contribution in [2.45, 2.75) is 39.3 Å². The predicted molar refractivity (Wildman–Crippen MR) is 113 cm³/mol. The van der Waals surface area contributed by atoms with Crippen LogP contribution in [0.3, 0.4) is 0 Å². The Morgan fingerprint density at radius 2 is 2.03 bits per heavy atom. The molecule has 0 saturated heterocycles. The molecule has 3 N–H and O–H groups in total. The van der Waals surface area contributed by atoms with Crippen LogP contribution in [0.2, 0.25) is 5.02 Å². The van der Waals surface area contributed by atoms with E-state index in [9.17, 15) is 5.11 Å². The van der Waals surface area contributed by atoms with Crippen LogP contribution in [0.4, 0.5) is 0 Å². The molecule has 8 heteroatoms. The highest BCUT2D eigenvalue weighted by atomic mass is 35.5. The van der Waals surface area contributed by atoms with Gasteiger partial charge in [-0.1, -0.05) is 11.6 Å². The van der Waals surface area contributed by atoms with Crippen LogP contribution in [-0.4, -0.2) is 37.4 Å². The molecule has 1 aliphatic heterocycles. The minimum atomic E-state index is -1.16. The number of ether oxygens (including phenoxy) is 2. The minimum Gasteiger partial charge on any atom is -0.489 e. The van der Waals surface area contributed by atoms with Crippen molar-refractivity contribution in [2.75, 3.05) is 26.3 Å². The Labute approximate surface area is 176 Å². The molecule has 0 spiro atoms. The van der Waals surface area contributed by atoms with E-state index in [1.54, 1.807) is 13.0 Å². The van der Waals surface area contributed by atoms with E-state index < -0.39 is 5.60 Å². The van der Waals surface area contributed by atoms with Crippen LogP contribution in [0.1, 0.15) is 37.4 Å². The zero-order valence-electron chi connectivity index (χ0n) is 17.0. The number of nitrogens with zero attached hydrogens (tertiary/aromatic N) is 1. The Bertz CT molecular complexity index is 864. The molecule has 7 nitrogen and oxygen atoms in total.